The van der Waals surface area contributed by atoms with Gasteiger partial charge in [0.05, 0.1) is 20.8 Å². The van der Waals surface area contributed by atoms with Crippen LogP contribution in [0, 0.1) is 0 Å². The zero-order valence-corrected chi connectivity index (χ0v) is 18.9. The standard InChI is InChI=1S/C23H33N5O3/c1-5-31-22-18(7-6-10-25-22)16-26-23(24-2)28-13-11-27(12-14-28)17-19-15-20(29-3)8-9-21(19)30-4/h6-10,15H,5,11-14,16-17H2,1-4H3,(H,24,26). The Kier molecular flexibility index (Phi) is 8.35. The molecule has 0 aliphatic carbocycles. The highest BCUT2D eigenvalue weighted by atomic mass is 16.5. The number of nitrogens with zero attached hydrogens (tertiary/aromatic N) is 4. The molecular formula is C23H33N5O3. The van der Waals surface area contributed by atoms with Crippen LogP contribution in [0.25, 0.3) is 0 Å². The summed E-state index contributed by atoms with van der Waals surface area (Å²) in [6.07, 6.45) is 1.75. The molecule has 8 nitrogen and oxygen atoms in total. The minimum Gasteiger partial charge on any atom is -0.497 e. The van der Waals surface area contributed by atoms with Gasteiger partial charge in [0, 0.05) is 63.6 Å². The predicted molar refractivity (Wildman–Crippen MR) is 122 cm³/mol. The van der Waals surface area contributed by atoms with Crippen molar-refractivity contribution in [2.24, 2.45) is 4.99 Å². The molecule has 0 saturated carbocycles. The van der Waals surface area contributed by atoms with Gasteiger partial charge in [-0.3, -0.25) is 9.89 Å². The minimum absolute atomic E-state index is 0.596. The van der Waals surface area contributed by atoms with E-state index in [0.717, 1.165) is 61.3 Å². The van der Waals surface area contributed by atoms with Crippen LogP contribution in [0.5, 0.6) is 17.4 Å². The number of piperazine rings is 1. The van der Waals surface area contributed by atoms with E-state index in [4.69, 9.17) is 14.2 Å². The number of guanidine groups is 1. The second-order valence-corrected chi connectivity index (χ2v) is 7.24. The molecule has 0 radical (unpaired) electrons. The Morgan fingerprint density at radius 1 is 1.10 bits per heavy atom. The van der Waals surface area contributed by atoms with E-state index in [-0.39, 0.29) is 0 Å². The smallest absolute Gasteiger partial charge is 0.218 e. The fourth-order valence-electron chi connectivity index (χ4n) is 3.70. The van der Waals surface area contributed by atoms with Crippen molar-refractivity contribution in [3.8, 4) is 17.4 Å². The summed E-state index contributed by atoms with van der Waals surface area (Å²) in [7, 11) is 5.21. The van der Waals surface area contributed by atoms with Crippen molar-refractivity contribution in [3.05, 3.63) is 47.7 Å². The Hall–Kier alpha value is -3.00. The fraction of sp³-hybridized carbons (Fsp3) is 0.478. The van der Waals surface area contributed by atoms with E-state index >= 15 is 0 Å². The zero-order valence-electron chi connectivity index (χ0n) is 18.9. The van der Waals surface area contributed by atoms with Gasteiger partial charge in [0.25, 0.3) is 0 Å². The van der Waals surface area contributed by atoms with Gasteiger partial charge in [-0.1, -0.05) is 6.07 Å². The van der Waals surface area contributed by atoms with Gasteiger partial charge in [-0.05, 0) is 31.2 Å². The molecule has 1 aromatic carbocycles. The first-order valence-electron chi connectivity index (χ1n) is 10.6. The van der Waals surface area contributed by atoms with Crippen LogP contribution in [0.15, 0.2) is 41.5 Å². The van der Waals surface area contributed by atoms with Crippen LogP contribution < -0.4 is 19.5 Å². The third kappa shape index (κ3) is 6.01. The number of nitrogens with one attached hydrogen (secondary N) is 1. The molecule has 1 N–H and O–H groups in total. The van der Waals surface area contributed by atoms with Gasteiger partial charge in [-0.2, -0.15) is 0 Å². The molecule has 0 spiro atoms. The highest BCUT2D eigenvalue weighted by Gasteiger charge is 2.21. The Balaban J connectivity index is 1.55. The van der Waals surface area contributed by atoms with Crippen LogP contribution >= 0.6 is 0 Å². The quantitative estimate of drug-likeness (QED) is 0.512. The summed E-state index contributed by atoms with van der Waals surface area (Å²) in [6.45, 7) is 7.69. The lowest BCUT2D eigenvalue weighted by atomic mass is 10.1. The number of hydrogen-bond donors (Lipinski definition) is 1. The number of pyridine rings is 1. The maximum Gasteiger partial charge on any atom is 0.218 e. The molecule has 1 aliphatic rings. The van der Waals surface area contributed by atoms with Gasteiger partial charge in [-0.25, -0.2) is 4.98 Å². The number of methoxy groups -OCH3 is 2. The number of benzene rings is 1. The van der Waals surface area contributed by atoms with E-state index in [1.165, 1.54) is 0 Å². The van der Waals surface area contributed by atoms with E-state index in [9.17, 15) is 0 Å². The van der Waals surface area contributed by atoms with Gasteiger partial charge in [0.1, 0.15) is 11.5 Å². The van der Waals surface area contributed by atoms with Crippen LogP contribution in [0.3, 0.4) is 0 Å². The largest absolute Gasteiger partial charge is 0.497 e. The number of aliphatic imine (C=N–C) groups is 1. The minimum atomic E-state index is 0.596. The van der Waals surface area contributed by atoms with Crippen LogP contribution in [0.4, 0.5) is 0 Å². The molecule has 3 rings (SSSR count). The van der Waals surface area contributed by atoms with Crippen LogP contribution in [0.1, 0.15) is 18.1 Å². The van der Waals surface area contributed by atoms with E-state index in [0.29, 0.717) is 19.0 Å². The Morgan fingerprint density at radius 2 is 1.90 bits per heavy atom. The first-order valence-corrected chi connectivity index (χ1v) is 10.6. The summed E-state index contributed by atoms with van der Waals surface area (Å²) in [5.41, 5.74) is 2.16. The zero-order chi connectivity index (χ0) is 22.1. The average molecular weight is 428 g/mol. The number of rotatable bonds is 8. The fourth-order valence-corrected chi connectivity index (χ4v) is 3.70. The van der Waals surface area contributed by atoms with E-state index in [1.807, 2.05) is 38.2 Å². The average Bonchev–Trinajstić information content (AvgIpc) is 2.81. The van der Waals surface area contributed by atoms with Crippen molar-refractivity contribution in [2.45, 2.75) is 20.0 Å². The summed E-state index contributed by atoms with van der Waals surface area (Å²) in [6, 6.07) is 9.89. The summed E-state index contributed by atoms with van der Waals surface area (Å²) < 4.78 is 16.5. The molecule has 1 saturated heterocycles. The van der Waals surface area contributed by atoms with Gasteiger partial charge in [-0.15, -0.1) is 0 Å². The lowest BCUT2D eigenvalue weighted by Crippen LogP contribution is -2.52. The van der Waals surface area contributed by atoms with Crippen molar-refractivity contribution in [2.75, 3.05) is 54.1 Å². The molecule has 1 fully saturated rings. The lowest BCUT2D eigenvalue weighted by Gasteiger charge is -2.36. The second-order valence-electron chi connectivity index (χ2n) is 7.24. The predicted octanol–water partition coefficient (Wildman–Crippen LogP) is 2.39. The number of hydrogen-bond acceptors (Lipinski definition) is 6. The molecule has 1 aromatic heterocycles. The number of aromatic nitrogens is 1. The monoisotopic (exact) mass is 427 g/mol. The molecule has 2 heterocycles. The normalized spacial score (nSPS) is 15.0. The van der Waals surface area contributed by atoms with Crippen molar-refractivity contribution in [1.82, 2.24) is 20.1 Å². The first kappa shape index (κ1) is 22.7. The third-order valence-corrected chi connectivity index (χ3v) is 5.33. The molecule has 0 bridgehead atoms. The van der Waals surface area contributed by atoms with Gasteiger partial charge < -0.3 is 24.4 Å². The Bertz CT molecular complexity index is 866. The summed E-state index contributed by atoms with van der Waals surface area (Å²) in [5, 5.41) is 3.45. The second kappa shape index (κ2) is 11.4. The summed E-state index contributed by atoms with van der Waals surface area (Å²) in [5.74, 6) is 3.30. The first-order chi connectivity index (χ1) is 15.2. The van der Waals surface area contributed by atoms with Crippen LogP contribution in [0.2, 0.25) is 0 Å². The molecule has 0 unspecified atom stereocenters. The summed E-state index contributed by atoms with van der Waals surface area (Å²) >= 11 is 0. The van der Waals surface area contributed by atoms with Gasteiger partial charge in [0.2, 0.25) is 5.88 Å². The molecule has 8 heteroatoms. The van der Waals surface area contributed by atoms with Gasteiger partial charge >= 0.3 is 0 Å². The molecule has 0 atom stereocenters. The summed E-state index contributed by atoms with van der Waals surface area (Å²) in [4.78, 5) is 13.5. The highest BCUT2D eigenvalue weighted by Crippen LogP contribution is 2.25. The highest BCUT2D eigenvalue weighted by molar-refractivity contribution is 5.80. The topological polar surface area (TPSA) is 71.5 Å². The Labute approximate surface area is 184 Å². The maximum absolute atomic E-state index is 5.62. The van der Waals surface area contributed by atoms with Crippen molar-refractivity contribution in [1.29, 1.82) is 0 Å². The van der Waals surface area contributed by atoms with E-state index < -0.39 is 0 Å². The Morgan fingerprint density at radius 3 is 2.58 bits per heavy atom. The maximum atomic E-state index is 5.62. The molecule has 31 heavy (non-hydrogen) atoms. The lowest BCUT2D eigenvalue weighted by molar-refractivity contribution is 0.171. The van der Waals surface area contributed by atoms with Crippen LogP contribution in [-0.4, -0.2) is 74.8 Å². The SMILES string of the molecule is CCOc1ncccc1CNC(=NC)N1CCN(Cc2cc(OC)ccc2OC)CC1. The molecule has 0 amide bonds. The van der Waals surface area contributed by atoms with Crippen molar-refractivity contribution < 1.29 is 14.2 Å². The molecule has 168 valence electrons. The van der Waals surface area contributed by atoms with Crippen LogP contribution in [-0.2, 0) is 13.1 Å². The van der Waals surface area contributed by atoms with E-state index in [2.05, 4.69) is 31.2 Å². The molecule has 1 aliphatic heterocycles. The third-order valence-electron chi connectivity index (χ3n) is 5.33. The van der Waals surface area contributed by atoms with Gasteiger partial charge in [0.15, 0.2) is 5.96 Å². The van der Waals surface area contributed by atoms with Crippen molar-refractivity contribution >= 4 is 5.96 Å². The van der Waals surface area contributed by atoms with E-state index in [1.54, 1.807) is 20.4 Å². The molecule has 2 aromatic rings. The van der Waals surface area contributed by atoms with Crippen molar-refractivity contribution in [3.63, 3.8) is 0 Å². The number of ether oxygens (including phenoxy) is 3. The molecular weight excluding hydrogens is 394 g/mol.